The molecule has 0 aromatic heterocycles. The van der Waals surface area contributed by atoms with E-state index in [4.69, 9.17) is 27.0 Å². The van der Waals surface area contributed by atoms with Gasteiger partial charge in [0.1, 0.15) is 17.4 Å². The van der Waals surface area contributed by atoms with E-state index in [0.29, 0.717) is 23.4 Å². The number of hydrogen-bond donors (Lipinski definition) is 5. The number of ether oxygens (including phenoxy) is 1. The van der Waals surface area contributed by atoms with E-state index >= 15 is 0 Å². The number of amides is 1. The number of rotatable bonds is 5. The smallest absolute Gasteiger partial charge is 0.410 e. The Morgan fingerprint density at radius 3 is 1.87 bits per heavy atom. The van der Waals surface area contributed by atoms with Crippen LogP contribution in [0.5, 0.6) is 5.75 Å². The average Bonchev–Trinajstić information content (AvgIpc) is 2.54. The van der Waals surface area contributed by atoms with Crippen LogP contribution in [-0.4, -0.2) is 17.8 Å². The van der Waals surface area contributed by atoms with E-state index < -0.39 is 6.09 Å². The molecule has 0 aliphatic rings. The largest absolute Gasteiger partial charge is 0.412 e. The Hall–Kier alpha value is -3.35. The Balaban J connectivity index is 1.87. The van der Waals surface area contributed by atoms with Crippen molar-refractivity contribution in [2.24, 2.45) is 11.5 Å². The van der Waals surface area contributed by atoms with Gasteiger partial charge in [-0.05, 0) is 29.8 Å². The molecule has 0 aliphatic heterocycles. The molecule has 1 amide bonds. The number of benzene rings is 2. The normalized spacial score (nSPS) is 9.91. The fraction of sp³-hybridized carbons (Fsp3) is 0.0625. The molecule has 2 aromatic carbocycles. The van der Waals surface area contributed by atoms with E-state index in [1.54, 1.807) is 48.5 Å². The van der Waals surface area contributed by atoms with Crippen molar-refractivity contribution in [2.45, 2.75) is 6.54 Å². The molecule has 0 unspecified atom stereocenters. The summed E-state index contributed by atoms with van der Waals surface area (Å²) in [5, 5.41) is 17.2. The van der Waals surface area contributed by atoms with Crippen LogP contribution < -0.4 is 21.5 Å². The van der Waals surface area contributed by atoms with Crippen molar-refractivity contribution in [2.75, 3.05) is 0 Å². The highest BCUT2D eigenvalue weighted by Crippen LogP contribution is 2.12. The quantitative estimate of drug-likeness (QED) is 0.422. The van der Waals surface area contributed by atoms with Crippen molar-refractivity contribution in [3.05, 3.63) is 65.2 Å². The maximum Gasteiger partial charge on any atom is 0.412 e. The standard InChI is InChI=1S/C16H17N5O2/c17-14(18)11-3-1-10(2-4-11)9-21-16(22)23-13-7-5-12(6-8-13)15(19)20/h1-8H,9H2,(H3,17,18)(H3,19,20)(H,21,22). The van der Waals surface area contributed by atoms with E-state index in [2.05, 4.69) is 5.32 Å². The Morgan fingerprint density at radius 1 is 0.913 bits per heavy atom. The van der Waals surface area contributed by atoms with Gasteiger partial charge in [-0.2, -0.15) is 0 Å². The number of nitrogen functional groups attached to an aromatic ring is 2. The molecule has 7 nitrogen and oxygen atoms in total. The molecular formula is C16H17N5O2. The summed E-state index contributed by atoms with van der Waals surface area (Å²) >= 11 is 0. The van der Waals surface area contributed by atoms with Crippen molar-refractivity contribution < 1.29 is 9.53 Å². The number of hydrogen-bond acceptors (Lipinski definition) is 4. The Kier molecular flexibility index (Phi) is 4.93. The predicted octanol–water partition coefficient (Wildman–Crippen LogP) is 1.54. The Bertz CT molecular complexity index is 723. The molecule has 0 saturated heterocycles. The van der Waals surface area contributed by atoms with Crippen molar-refractivity contribution in [1.82, 2.24) is 5.32 Å². The molecule has 0 saturated carbocycles. The van der Waals surface area contributed by atoms with Crippen LogP contribution in [0.2, 0.25) is 0 Å². The third kappa shape index (κ3) is 4.57. The van der Waals surface area contributed by atoms with Gasteiger partial charge in [0.15, 0.2) is 0 Å². The molecule has 0 radical (unpaired) electrons. The molecule has 7 heteroatoms. The maximum atomic E-state index is 11.7. The lowest BCUT2D eigenvalue weighted by molar-refractivity contribution is 0.200. The fourth-order valence-corrected chi connectivity index (χ4v) is 1.82. The molecule has 7 N–H and O–H groups in total. The van der Waals surface area contributed by atoms with Crippen LogP contribution in [-0.2, 0) is 6.54 Å². The van der Waals surface area contributed by atoms with Crippen LogP contribution in [0.15, 0.2) is 48.5 Å². The first-order valence-corrected chi connectivity index (χ1v) is 6.79. The van der Waals surface area contributed by atoms with E-state index in [9.17, 15) is 4.79 Å². The maximum absolute atomic E-state index is 11.7. The van der Waals surface area contributed by atoms with Crippen molar-refractivity contribution in [3.63, 3.8) is 0 Å². The molecule has 2 rings (SSSR count). The Morgan fingerprint density at radius 2 is 1.39 bits per heavy atom. The zero-order chi connectivity index (χ0) is 16.8. The van der Waals surface area contributed by atoms with E-state index in [1.807, 2.05) is 0 Å². The summed E-state index contributed by atoms with van der Waals surface area (Å²) in [5.41, 5.74) is 12.8. The van der Waals surface area contributed by atoms with Crippen LogP contribution in [0.4, 0.5) is 4.79 Å². The topological polar surface area (TPSA) is 138 Å². The highest BCUT2D eigenvalue weighted by atomic mass is 16.5. The summed E-state index contributed by atoms with van der Waals surface area (Å²) < 4.78 is 5.12. The molecule has 2 aromatic rings. The molecule has 0 bridgehead atoms. The summed E-state index contributed by atoms with van der Waals surface area (Å²) in [4.78, 5) is 11.7. The molecule has 0 aliphatic carbocycles. The molecular weight excluding hydrogens is 294 g/mol. The minimum atomic E-state index is -0.587. The number of nitrogens with one attached hydrogen (secondary N) is 3. The van der Waals surface area contributed by atoms with Crippen LogP contribution >= 0.6 is 0 Å². The second-order valence-electron chi connectivity index (χ2n) is 4.79. The number of carbonyl (C=O) groups is 1. The molecule has 0 spiro atoms. The zero-order valence-corrected chi connectivity index (χ0v) is 12.3. The summed E-state index contributed by atoms with van der Waals surface area (Å²) in [7, 11) is 0. The molecule has 0 heterocycles. The first-order valence-electron chi connectivity index (χ1n) is 6.79. The lowest BCUT2D eigenvalue weighted by atomic mass is 10.1. The second-order valence-corrected chi connectivity index (χ2v) is 4.79. The SMILES string of the molecule is N=C(N)c1ccc(CNC(=O)Oc2ccc(C(=N)N)cc2)cc1. The minimum absolute atomic E-state index is 0.00192. The molecule has 0 atom stereocenters. The number of carbonyl (C=O) groups excluding carboxylic acids is 1. The number of nitrogens with two attached hydrogens (primary N) is 2. The molecule has 23 heavy (non-hydrogen) atoms. The highest BCUT2D eigenvalue weighted by Gasteiger charge is 2.05. The van der Waals surface area contributed by atoms with Gasteiger partial charge in [-0.15, -0.1) is 0 Å². The monoisotopic (exact) mass is 311 g/mol. The summed E-state index contributed by atoms with van der Waals surface area (Å²) in [5.74, 6) is 0.312. The van der Waals surface area contributed by atoms with Gasteiger partial charge >= 0.3 is 6.09 Å². The zero-order valence-electron chi connectivity index (χ0n) is 12.3. The van der Waals surface area contributed by atoms with Gasteiger partial charge in [-0.1, -0.05) is 24.3 Å². The highest BCUT2D eigenvalue weighted by molar-refractivity contribution is 5.95. The van der Waals surface area contributed by atoms with E-state index in [0.717, 1.165) is 5.56 Å². The second kappa shape index (κ2) is 7.08. The average molecular weight is 311 g/mol. The van der Waals surface area contributed by atoms with Crippen LogP contribution in [0.25, 0.3) is 0 Å². The molecule has 118 valence electrons. The third-order valence-electron chi connectivity index (χ3n) is 3.08. The van der Waals surface area contributed by atoms with Gasteiger partial charge < -0.3 is 21.5 Å². The fourth-order valence-electron chi connectivity index (χ4n) is 1.82. The lowest BCUT2D eigenvalue weighted by Crippen LogP contribution is -2.26. The summed E-state index contributed by atoms with van der Waals surface area (Å²) in [6.07, 6.45) is -0.587. The van der Waals surface area contributed by atoms with Gasteiger partial charge in [0, 0.05) is 17.7 Å². The van der Waals surface area contributed by atoms with Crippen LogP contribution in [0, 0.1) is 10.8 Å². The summed E-state index contributed by atoms with van der Waals surface area (Å²) in [6.45, 7) is 0.294. The van der Waals surface area contributed by atoms with Gasteiger partial charge in [-0.3, -0.25) is 10.8 Å². The van der Waals surface area contributed by atoms with Crippen molar-refractivity contribution >= 4 is 17.8 Å². The van der Waals surface area contributed by atoms with Crippen molar-refractivity contribution in [3.8, 4) is 5.75 Å². The van der Waals surface area contributed by atoms with Crippen molar-refractivity contribution in [1.29, 1.82) is 10.8 Å². The van der Waals surface area contributed by atoms with Gasteiger partial charge in [0.05, 0.1) is 0 Å². The molecule has 0 fully saturated rings. The minimum Gasteiger partial charge on any atom is -0.410 e. The van der Waals surface area contributed by atoms with Gasteiger partial charge in [0.2, 0.25) is 0 Å². The van der Waals surface area contributed by atoms with E-state index in [1.165, 1.54) is 0 Å². The van der Waals surface area contributed by atoms with Crippen LogP contribution in [0.1, 0.15) is 16.7 Å². The third-order valence-corrected chi connectivity index (χ3v) is 3.08. The van der Waals surface area contributed by atoms with Gasteiger partial charge in [-0.25, -0.2) is 4.79 Å². The lowest BCUT2D eigenvalue weighted by Gasteiger charge is -2.08. The first kappa shape index (κ1) is 16.0. The number of amidine groups is 2. The van der Waals surface area contributed by atoms with Crippen LogP contribution in [0.3, 0.4) is 0 Å². The van der Waals surface area contributed by atoms with Gasteiger partial charge in [0.25, 0.3) is 0 Å². The Labute approximate surface area is 133 Å². The summed E-state index contributed by atoms with van der Waals surface area (Å²) in [6, 6.07) is 13.3. The predicted molar refractivity (Wildman–Crippen MR) is 87.8 cm³/mol. The first-order chi connectivity index (χ1) is 11.0. The van der Waals surface area contributed by atoms with E-state index in [-0.39, 0.29) is 11.7 Å².